The molecule has 1 saturated heterocycles. The number of rotatable bonds is 1. The zero-order valence-electron chi connectivity index (χ0n) is 9.49. The molecule has 1 rings (SSSR count). The maximum atomic E-state index is 10.7. The average Bonchev–Trinajstić information content (AvgIpc) is 2.50. The summed E-state index contributed by atoms with van der Waals surface area (Å²) in [6, 6.07) is 0. The predicted molar refractivity (Wildman–Crippen MR) is 61.8 cm³/mol. The second-order valence-corrected chi connectivity index (χ2v) is 6.90. The van der Waals surface area contributed by atoms with Crippen LogP contribution in [0.15, 0.2) is 12.2 Å². The standard InChI is InChI=1S/C8H14S.CHF3O3S/c1-3-5-8(2)6-4-7-9-8;2-1(3,4)8(5,6)7/h3,5H,4,6-7H2,1-2H3;(H,5,6,7). The Morgan fingerprint density at radius 3 is 2.12 bits per heavy atom. The fourth-order valence-corrected chi connectivity index (χ4v) is 2.74. The van der Waals surface area contributed by atoms with Crippen LogP contribution in [-0.2, 0) is 21.9 Å². The van der Waals surface area contributed by atoms with Crippen molar-refractivity contribution in [2.75, 3.05) is 5.75 Å². The topological polar surface area (TPSA) is 57.2 Å². The molecule has 0 aromatic carbocycles. The Morgan fingerprint density at radius 2 is 1.88 bits per heavy atom. The van der Waals surface area contributed by atoms with Gasteiger partial charge in [-0.15, -0.1) is 0 Å². The van der Waals surface area contributed by atoms with Crippen molar-refractivity contribution in [2.24, 2.45) is 0 Å². The molecule has 102 valence electrons. The maximum absolute atomic E-state index is 10.7. The lowest BCUT2D eigenvalue weighted by atomic mass is 10.1. The molecule has 1 unspecified atom stereocenters. The number of thiol groups is 1. The highest BCUT2D eigenvalue weighted by atomic mass is 32.2. The first-order valence-corrected chi connectivity index (χ1v) is 7.35. The summed E-state index contributed by atoms with van der Waals surface area (Å²) >= 11 is 1.63. The first kappa shape index (κ1) is 16.8. The van der Waals surface area contributed by atoms with Gasteiger partial charge in [0.05, 0.1) is 0 Å². The highest BCUT2D eigenvalue weighted by Gasteiger charge is 2.37. The molecule has 1 atom stereocenters. The summed E-state index contributed by atoms with van der Waals surface area (Å²) in [6.45, 7) is 4.46. The minimum atomic E-state index is -6.09. The molecule has 0 aromatic heterocycles. The van der Waals surface area contributed by atoms with E-state index < -0.39 is 15.6 Å². The molecule has 1 aliphatic rings. The molecule has 0 radical (unpaired) electrons. The van der Waals surface area contributed by atoms with Crippen LogP contribution in [0.5, 0.6) is 0 Å². The Labute approximate surface area is 103 Å². The molecule has 0 aliphatic carbocycles. The van der Waals surface area contributed by atoms with Crippen molar-refractivity contribution in [3.8, 4) is 0 Å². The van der Waals surface area contributed by atoms with Crippen molar-refractivity contribution in [1.82, 2.24) is 0 Å². The summed E-state index contributed by atoms with van der Waals surface area (Å²) in [7, 11) is -6.09. The normalized spacial score (nSPS) is 25.8. The van der Waals surface area contributed by atoms with Crippen molar-refractivity contribution < 1.29 is 26.1 Å². The van der Waals surface area contributed by atoms with E-state index >= 15 is 0 Å². The Kier molecular flexibility index (Phi) is 6.03. The third-order valence-electron chi connectivity index (χ3n) is 2.12. The molecule has 0 N–H and O–H groups in total. The van der Waals surface area contributed by atoms with E-state index in [9.17, 15) is 13.2 Å². The van der Waals surface area contributed by atoms with Crippen LogP contribution in [0.2, 0.25) is 0 Å². The van der Waals surface area contributed by atoms with Gasteiger partial charge in [-0.05, 0) is 38.1 Å². The van der Waals surface area contributed by atoms with E-state index in [0.717, 1.165) is 0 Å². The number of hydrogen-bond donors (Lipinski definition) is 0. The molecule has 0 amide bonds. The lowest BCUT2D eigenvalue weighted by molar-refractivity contribution is -0.0517. The van der Waals surface area contributed by atoms with E-state index in [2.05, 4.69) is 26.0 Å². The van der Waals surface area contributed by atoms with Gasteiger partial charge in [-0.2, -0.15) is 13.2 Å². The maximum Gasteiger partial charge on any atom is 0.485 e. The van der Waals surface area contributed by atoms with E-state index in [4.69, 9.17) is 13.0 Å². The van der Waals surface area contributed by atoms with Crippen LogP contribution < -0.4 is 0 Å². The van der Waals surface area contributed by atoms with Gasteiger partial charge < -0.3 is 4.55 Å². The Balaban J connectivity index is 0.000000304. The summed E-state index contributed by atoms with van der Waals surface area (Å²) in [5, 5.41) is 0. The highest BCUT2D eigenvalue weighted by molar-refractivity contribution is 7.86. The summed E-state index contributed by atoms with van der Waals surface area (Å²) in [5.74, 6) is 1.40. The molecule has 1 aliphatic heterocycles. The van der Waals surface area contributed by atoms with Crippen LogP contribution in [0.3, 0.4) is 0 Å². The fraction of sp³-hybridized carbons (Fsp3) is 0.778. The van der Waals surface area contributed by atoms with Gasteiger partial charge in [0.25, 0.3) is 0 Å². The van der Waals surface area contributed by atoms with Gasteiger partial charge in [0.2, 0.25) is 0 Å². The molecule has 0 saturated carbocycles. The minimum Gasteiger partial charge on any atom is -0.741 e. The quantitative estimate of drug-likeness (QED) is 0.244. The van der Waals surface area contributed by atoms with Crippen LogP contribution in [0, 0.1) is 0 Å². The number of halogens is 3. The third kappa shape index (κ3) is 6.32. The largest absolute Gasteiger partial charge is 0.741 e. The van der Waals surface area contributed by atoms with Crippen LogP contribution in [0.4, 0.5) is 13.2 Å². The highest BCUT2D eigenvalue weighted by Crippen LogP contribution is 2.26. The zero-order valence-corrected chi connectivity index (χ0v) is 11.2. The molecule has 3 nitrogen and oxygen atoms in total. The van der Waals surface area contributed by atoms with Crippen molar-refractivity contribution >= 4 is 21.9 Å². The summed E-state index contributed by atoms with van der Waals surface area (Å²) in [4.78, 5) is 0. The van der Waals surface area contributed by atoms with E-state index in [1.807, 2.05) is 0 Å². The predicted octanol–water partition coefficient (Wildman–Crippen LogP) is 1.98. The van der Waals surface area contributed by atoms with Crippen LogP contribution in [0.1, 0.15) is 26.7 Å². The van der Waals surface area contributed by atoms with Gasteiger partial charge in [-0.25, -0.2) is 8.42 Å². The van der Waals surface area contributed by atoms with Crippen LogP contribution >= 0.6 is 0 Å². The Hall–Kier alpha value is -0.210. The first-order valence-electron chi connectivity index (χ1n) is 4.86. The molecule has 0 spiro atoms. The summed E-state index contributed by atoms with van der Waals surface area (Å²) in [6.07, 6.45) is 7.33. The lowest BCUT2D eigenvalue weighted by Gasteiger charge is -2.08. The number of allylic oxidation sites excluding steroid dienone is 1. The minimum absolute atomic E-state index is 0.536. The molecule has 17 heavy (non-hydrogen) atoms. The van der Waals surface area contributed by atoms with E-state index in [1.165, 1.54) is 18.6 Å². The van der Waals surface area contributed by atoms with Crippen molar-refractivity contribution in [1.29, 1.82) is 0 Å². The molecular weight excluding hydrogens is 277 g/mol. The SMILES string of the molecule is CC=CC1(C)CCC[SH+]1.O=S(=O)([O-])C(F)(F)F. The number of alkyl halides is 3. The second kappa shape index (κ2) is 6.10. The molecule has 1 fully saturated rings. The van der Waals surface area contributed by atoms with E-state index in [1.54, 1.807) is 11.8 Å². The average molecular weight is 292 g/mol. The zero-order chi connectivity index (χ0) is 13.7. The Bertz CT molecular complexity index is 354. The van der Waals surface area contributed by atoms with E-state index in [0.29, 0.717) is 4.75 Å². The number of hydrogen-bond acceptors (Lipinski definition) is 3. The molecule has 0 bridgehead atoms. The van der Waals surface area contributed by atoms with Gasteiger partial charge in [-0.1, -0.05) is 6.08 Å². The molecule has 0 aromatic rings. The smallest absolute Gasteiger partial charge is 0.485 e. The molecule has 1 heterocycles. The van der Waals surface area contributed by atoms with Gasteiger partial charge in [0.1, 0.15) is 10.5 Å². The third-order valence-corrected chi connectivity index (χ3v) is 4.33. The first-order chi connectivity index (χ1) is 7.52. The molecule has 8 heteroatoms. The summed E-state index contributed by atoms with van der Waals surface area (Å²) < 4.78 is 59.4. The van der Waals surface area contributed by atoms with Gasteiger partial charge >= 0.3 is 5.51 Å². The lowest BCUT2D eigenvalue weighted by Crippen LogP contribution is -2.21. The van der Waals surface area contributed by atoms with Crippen molar-refractivity contribution in [3.63, 3.8) is 0 Å². The Morgan fingerprint density at radius 1 is 1.41 bits per heavy atom. The fourth-order valence-electron chi connectivity index (χ4n) is 1.35. The van der Waals surface area contributed by atoms with Crippen LogP contribution in [0.25, 0.3) is 0 Å². The second-order valence-electron chi connectivity index (χ2n) is 3.74. The van der Waals surface area contributed by atoms with E-state index in [-0.39, 0.29) is 0 Å². The monoisotopic (exact) mass is 292 g/mol. The van der Waals surface area contributed by atoms with Crippen LogP contribution in [-0.4, -0.2) is 29.0 Å². The van der Waals surface area contributed by atoms with Crippen molar-refractivity contribution in [3.05, 3.63) is 12.2 Å². The van der Waals surface area contributed by atoms with Gasteiger partial charge in [0, 0.05) is 6.42 Å². The van der Waals surface area contributed by atoms with Gasteiger partial charge in [0.15, 0.2) is 10.1 Å². The van der Waals surface area contributed by atoms with Gasteiger partial charge in [-0.3, -0.25) is 0 Å². The van der Waals surface area contributed by atoms with Crippen molar-refractivity contribution in [2.45, 2.75) is 36.9 Å². The summed E-state index contributed by atoms with van der Waals surface area (Å²) in [5.41, 5.74) is -5.65. The molecular formula is C9H15F3O3S2.